The summed E-state index contributed by atoms with van der Waals surface area (Å²) in [5.74, 6) is -0.907. The molecule has 0 aromatic rings. The fourth-order valence-electron chi connectivity index (χ4n) is 9.24. The third-order valence-corrected chi connectivity index (χ3v) is 14.0. The zero-order valence-corrected chi connectivity index (χ0v) is 49.1. The minimum atomic E-state index is -0.791. The summed E-state index contributed by atoms with van der Waals surface area (Å²) in [5, 5.41) is 0. The van der Waals surface area contributed by atoms with Crippen molar-refractivity contribution in [3.05, 3.63) is 72.9 Å². The summed E-state index contributed by atoms with van der Waals surface area (Å²) >= 11 is 0. The van der Waals surface area contributed by atoms with Gasteiger partial charge in [-0.2, -0.15) is 0 Å². The molecule has 0 saturated heterocycles. The first-order valence-electron chi connectivity index (χ1n) is 31.9. The number of ether oxygens (including phenoxy) is 3. The summed E-state index contributed by atoms with van der Waals surface area (Å²) < 4.78 is 16.9. The Kier molecular flexibility index (Phi) is 59.7. The molecule has 74 heavy (non-hydrogen) atoms. The van der Waals surface area contributed by atoms with Crippen LogP contribution in [-0.2, 0) is 28.6 Å². The van der Waals surface area contributed by atoms with E-state index in [0.717, 1.165) is 135 Å². The summed E-state index contributed by atoms with van der Waals surface area (Å²) in [6.45, 7) is 6.43. The molecule has 0 rings (SSSR count). The Hall–Kier alpha value is -3.15. The van der Waals surface area contributed by atoms with Gasteiger partial charge in [0.15, 0.2) is 6.10 Å². The van der Waals surface area contributed by atoms with Crippen molar-refractivity contribution in [2.24, 2.45) is 0 Å². The van der Waals surface area contributed by atoms with Crippen molar-refractivity contribution in [2.45, 2.75) is 329 Å². The molecule has 0 fully saturated rings. The number of carbonyl (C=O) groups excluding carboxylic acids is 3. The van der Waals surface area contributed by atoms with Crippen LogP contribution in [0.4, 0.5) is 0 Å². The second kappa shape index (κ2) is 62.4. The van der Waals surface area contributed by atoms with Crippen LogP contribution in [0.25, 0.3) is 0 Å². The van der Waals surface area contributed by atoms with Gasteiger partial charge in [-0.1, -0.05) is 293 Å². The molecule has 0 aliphatic rings. The summed E-state index contributed by atoms with van der Waals surface area (Å²) in [7, 11) is 0. The average molecular weight is 1030 g/mol. The number of unbranched alkanes of at least 4 members (excludes halogenated alkanes) is 35. The standard InChI is InChI=1S/C68H120O6/c1-4-7-10-13-16-19-22-25-28-29-30-31-32-33-34-35-36-37-38-41-43-46-49-52-55-58-61-67(70)73-64-65(74-68(71)62-59-56-53-50-47-44-40-27-24-21-18-15-12-9-6-3)63-72-66(69)60-57-54-51-48-45-42-39-26-23-20-17-14-11-8-5-2/h8-9,11-12,17-18,20-21,26-27,39-40,65H,4-7,10,13-16,19,22-25,28-38,41-64H2,1-3H3/b11-8-,12-9-,20-17-,21-18-,39-26-,40-27-. The van der Waals surface area contributed by atoms with Gasteiger partial charge in [0.2, 0.25) is 0 Å². The first-order valence-corrected chi connectivity index (χ1v) is 31.9. The Labute approximate surface area is 459 Å². The Bertz CT molecular complexity index is 1370. The topological polar surface area (TPSA) is 78.9 Å². The van der Waals surface area contributed by atoms with Gasteiger partial charge in [0.25, 0.3) is 0 Å². The fraction of sp³-hybridized carbons (Fsp3) is 0.779. The summed E-state index contributed by atoms with van der Waals surface area (Å²) in [6.07, 6.45) is 80.7. The normalized spacial score (nSPS) is 12.5. The van der Waals surface area contributed by atoms with Crippen LogP contribution in [0, 0.1) is 0 Å². The minimum Gasteiger partial charge on any atom is -0.462 e. The third-order valence-electron chi connectivity index (χ3n) is 14.0. The van der Waals surface area contributed by atoms with Crippen molar-refractivity contribution >= 4 is 17.9 Å². The molecular formula is C68H120O6. The molecule has 0 radical (unpaired) electrons. The van der Waals surface area contributed by atoms with Gasteiger partial charge < -0.3 is 14.2 Å². The number of hydrogen-bond donors (Lipinski definition) is 0. The molecule has 0 saturated carbocycles. The van der Waals surface area contributed by atoms with Gasteiger partial charge >= 0.3 is 17.9 Å². The summed E-state index contributed by atoms with van der Waals surface area (Å²) in [5.41, 5.74) is 0. The van der Waals surface area contributed by atoms with Crippen molar-refractivity contribution in [1.82, 2.24) is 0 Å². The lowest BCUT2D eigenvalue weighted by atomic mass is 10.0. The molecule has 428 valence electrons. The Morgan fingerprint density at radius 3 is 0.824 bits per heavy atom. The number of carbonyl (C=O) groups is 3. The Morgan fingerprint density at radius 1 is 0.284 bits per heavy atom. The molecule has 0 heterocycles. The third kappa shape index (κ3) is 59.7. The van der Waals surface area contributed by atoms with Crippen molar-refractivity contribution in [1.29, 1.82) is 0 Å². The molecule has 0 bridgehead atoms. The van der Waals surface area contributed by atoms with Crippen molar-refractivity contribution in [3.63, 3.8) is 0 Å². The van der Waals surface area contributed by atoms with Crippen LogP contribution in [0.3, 0.4) is 0 Å². The van der Waals surface area contributed by atoms with Crippen molar-refractivity contribution in [2.75, 3.05) is 13.2 Å². The predicted molar refractivity (Wildman–Crippen MR) is 321 cm³/mol. The van der Waals surface area contributed by atoms with Gasteiger partial charge in [-0.25, -0.2) is 0 Å². The molecule has 6 nitrogen and oxygen atoms in total. The van der Waals surface area contributed by atoms with E-state index < -0.39 is 6.10 Å². The van der Waals surface area contributed by atoms with Crippen LogP contribution in [-0.4, -0.2) is 37.2 Å². The first-order chi connectivity index (χ1) is 36.5. The molecule has 0 spiro atoms. The predicted octanol–water partition coefficient (Wildman–Crippen LogP) is 21.7. The second-order valence-corrected chi connectivity index (χ2v) is 21.3. The SMILES string of the molecule is CC/C=C\C/C=C\C/C=C\CCCCCCCC(=O)OCC(COC(=O)CCCCCCCCCCCCCCCCCCCCCCCCCCCC)OC(=O)CCCCCCC/C=C\C/C=C\C/C=C\CC. The van der Waals surface area contributed by atoms with Crippen LogP contribution in [0.2, 0.25) is 0 Å². The quantitative estimate of drug-likeness (QED) is 0.0261. The number of hydrogen-bond acceptors (Lipinski definition) is 6. The molecule has 6 heteroatoms. The molecule has 1 atom stereocenters. The highest BCUT2D eigenvalue weighted by Gasteiger charge is 2.19. The van der Waals surface area contributed by atoms with Gasteiger partial charge in [0, 0.05) is 19.3 Å². The zero-order chi connectivity index (χ0) is 53.6. The van der Waals surface area contributed by atoms with Crippen LogP contribution in [0.1, 0.15) is 323 Å². The van der Waals surface area contributed by atoms with Crippen LogP contribution >= 0.6 is 0 Å². The lowest BCUT2D eigenvalue weighted by molar-refractivity contribution is -0.167. The smallest absolute Gasteiger partial charge is 0.306 e. The van der Waals surface area contributed by atoms with E-state index in [1.54, 1.807) is 0 Å². The molecule has 0 aliphatic heterocycles. The average Bonchev–Trinajstić information content (AvgIpc) is 3.40. The monoisotopic (exact) mass is 1030 g/mol. The maximum atomic E-state index is 12.9. The maximum absolute atomic E-state index is 12.9. The molecule has 0 amide bonds. The van der Waals surface area contributed by atoms with Crippen LogP contribution in [0.15, 0.2) is 72.9 Å². The van der Waals surface area contributed by atoms with Gasteiger partial charge in [-0.05, 0) is 83.5 Å². The number of esters is 3. The van der Waals surface area contributed by atoms with E-state index in [0.29, 0.717) is 19.3 Å². The van der Waals surface area contributed by atoms with E-state index in [4.69, 9.17) is 14.2 Å². The van der Waals surface area contributed by atoms with E-state index in [1.807, 2.05) is 0 Å². The molecule has 0 aromatic carbocycles. The first kappa shape index (κ1) is 70.8. The second-order valence-electron chi connectivity index (χ2n) is 21.3. The highest BCUT2D eigenvalue weighted by molar-refractivity contribution is 5.71. The van der Waals surface area contributed by atoms with Crippen molar-refractivity contribution in [3.8, 4) is 0 Å². The van der Waals surface area contributed by atoms with E-state index >= 15 is 0 Å². The highest BCUT2D eigenvalue weighted by atomic mass is 16.6. The molecule has 1 unspecified atom stereocenters. The highest BCUT2D eigenvalue weighted by Crippen LogP contribution is 2.17. The van der Waals surface area contributed by atoms with Crippen LogP contribution in [0.5, 0.6) is 0 Å². The molecule has 0 aliphatic carbocycles. The Morgan fingerprint density at radius 2 is 0.527 bits per heavy atom. The Balaban J connectivity index is 4.26. The van der Waals surface area contributed by atoms with E-state index in [9.17, 15) is 14.4 Å². The van der Waals surface area contributed by atoms with Gasteiger partial charge in [0.1, 0.15) is 13.2 Å². The summed E-state index contributed by atoms with van der Waals surface area (Å²) in [4.78, 5) is 38.3. The lowest BCUT2D eigenvalue weighted by Gasteiger charge is -2.18. The zero-order valence-electron chi connectivity index (χ0n) is 49.1. The number of allylic oxidation sites excluding steroid dienone is 12. The molecular weight excluding hydrogens is 913 g/mol. The van der Waals surface area contributed by atoms with Gasteiger partial charge in [0.05, 0.1) is 0 Å². The van der Waals surface area contributed by atoms with Gasteiger partial charge in [-0.3, -0.25) is 14.4 Å². The van der Waals surface area contributed by atoms with E-state index in [-0.39, 0.29) is 31.1 Å². The van der Waals surface area contributed by atoms with Crippen molar-refractivity contribution < 1.29 is 28.6 Å². The van der Waals surface area contributed by atoms with Gasteiger partial charge in [-0.15, -0.1) is 0 Å². The van der Waals surface area contributed by atoms with E-state index in [2.05, 4.69) is 93.7 Å². The van der Waals surface area contributed by atoms with E-state index in [1.165, 1.54) is 148 Å². The maximum Gasteiger partial charge on any atom is 0.306 e. The summed E-state index contributed by atoms with van der Waals surface area (Å²) in [6, 6.07) is 0. The molecule has 0 aromatic heterocycles. The lowest BCUT2D eigenvalue weighted by Crippen LogP contribution is -2.30. The molecule has 0 N–H and O–H groups in total. The minimum absolute atomic E-state index is 0.0857. The van der Waals surface area contributed by atoms with Crippen LogP contribution < -0.4 is 0 Å². The fourth-order valence-corrected chi connectivity index (χ4v) is 9.24. The number of rotatable bonds is 58. The largest absolute Gasteiger partial charge is 0.462 e.